The molecule has 1 aliphatic rings. The third kappa shape index (κ3) is 3.97. The second kappa shape index (κ2) is 8.40. The first-order valence-electron chi connectivity index (χ1n) is 10.7. The number of pyridine rings is 1. The number of aliphatic hydroxyl groups is 2. The van der Waals surface area contributed by atoms with E-state index in [1.165, 1.54) is 18.1 Å². The predicted molar refractivity (Wildman–Crippen MR) is 124 cm³/mol. The number of halogens is 3. The second-order valence-corrected chi connectivity index (χ2v) is 9.81. The van der Waals surface area contributed by atoms with Gasteiger partial charge in [0.1, 0.15) is 29.3 Å². The molecule has 1 fully saturated rings. The maximum Gasteiger partial charge on any atom is 0.419 e. The van der Waals surface area contributed by atoms with Crippen LogP contribution < -0.4 is 5.73 Å². The molecule has 7 nitrogen and oxygen atoms in total. The van der Waals surface area contributed by atoms with E-state index in [-0.39, 0.29) is 5.25 Å². The zero-order chi connectivity index (χ0) is 24.2. The monoisotopic (exact) mass is 489 g/mol. The first-order valence-corrected chi connectivity index (χ1v) is 11.6. The van der Waals surface area contributed by atoms with Crippen molar-refractivity contribution in [1.29, 1.82) is 0 Å². The summed E-state index contributed by atoms with van der Waals surface area (Å²) in [5, 5.41) is 22.0. The van der Waals surface area contributed by atoms with Gasteiger partial charge in [-0.05, 0) is 43.5 Å². The fraction of sp³-hybridized carbons (Fsp3) is 0.348. The highest BCUT2D eigenvalue weighted by molar-refractivity contribution is 8.00. The van der Waals surface area contributed by atoms with Crippen molar-refractivity contribution >= 4 is 39.5 Å². The van der Waals surface area contributed by atoms with Gasteiger partial charge in [-0.15, -0.1) is 11.8 Å². The third-order valence-electron chi connectivity index (χ3n) is 6.25. The van der Waals surface area contributed by atoms with Crippen molar-refractivity contribution < 1.29 is 23.4 Å². The lowest BCUT2D eigenvalue weighted by atomic mass is 10.0. The minimum absolute atomic E-state index is 0.235. The van der Waals surface area contributed by atoms with E-state index in [4.69, 9.17) is 5.73 Å². The van der Waals surface area contributed by atoms with E-state index >= 15 is 0 Å². The van der Waals surface area contributed by atoms with E-state index < -0.39 is 35.1 Å². The highest BCUT2D eigenvalue weighted by Gasteiger charge is 2.43. The molecule has 0 aliphatic carbocycles. The molecule has 4 heterocycles. The van der Waals surface area contributed by atoms with Crippen LogP contribution in [-0.2, 0) is 12.6 Å². The smallest absolute Gasteiger partial charge is 0.389 e. The van der Waals surface area contributed by atoms with Gasteiger partial charge in [-0.1, -0.05) is 12.1 Å². The highest BCUT2D eigenvalue weighted by Crippen LogP contribution is 2.45. The fourth-order valence-corrected chi connectivity index (χ4v) is 5.98. The minimum atomic E-state index is -4.56. The van der Waals surface area contributed by atoms with Gasteiger partial charge in [-0.25, -0.2) is 15.0 Å². The molecule has 11 heteroatoms. The van der Waals surface area contributed by atoms with Gasteiger partial charge < -0.3 is 20.5 Å². The summed E-state index contributed by atoms with van der Waals surface area (Å²) < 4.78 is 41.1. The van der Waals surface area contributed by atoms with Crippen LogP contribution in [0.5, 0.6) is 0 Å². The van der Waals surface area contributed by atoms with Gasteiger partial charge in [0.15, 0.2) is 0 Å². The fourth-order valence-electron chi connectivity index (χ4n) is 4.42. The normalized spacial score (nSPS) is 23.2. The van der Waals surface area contributed by atoms with Crippen molar-refractivity contribution in [3.63, 3.8) is 0 Å². The summed E-state index contributed by atoms with van der Waals surface area (Å²) in [6.07, 6.45) is -2.02. The number of nitrogens with two attached hydrogens (primary N) is 1. The molecule has 0 spiro atoms. The van der Waals surface area contributed by atoms with Crippen LogP contribution in [-0.4, -0.2) is 47.2 Å². The molecule has 4 N–H and O–H groups in total. The topological polar surface area (TPSA) is 110 Å². The lowest BCUT2D eigenvalue weighted by Gasteiger charge is -2.17. The Kier molecular flexibility index (Phi) is 5.65. The largest absolute Gasteiger partial charge is 0.419 e. The standard InChI is InChI=1S/C23H22F3N5O2S/c1-11-14-6-7-31(21(14)29-10-28-11)22-19(33)18(32)17(34-22)5-3-12-2-4-13-9-15(23(24,25)26)20(27)30-16(13)8-12/h2,4,6-10,17-19,22,32-33H,3,5H2,1H3,(H2,27,30)/t17-,18+,19+,22+/m0/s1. The molecular formula is C23H22F3N5O2S. The molecule has 1 aromatic carbocycles. The van der Waals surface area contributed by atoms with Crippen LogP contribution in [0.4, 0.5) is 19.0 Å². The Morgan fingerprint density at radius 3 is 2.68 bits per heavy atom. The number of nitrogen functional groups attached to an aromatic ring is 1. The molecular weight excluding hydrogens is 467 g/mol. The molecule has 0 bridgehead atoms. The Morgan fingerprint density at radius 1 is 1.12 bits per heavy atom. The third-order valence-corrected chi connectivity index (χ3v) is 7.90. The Labute approximate surface area is 196 Å². The molecule has 0 unspecified atom stereocenters. The van der Waals surface area contributed by atoms with Crippen LogP contribution in [0.2, 0.25) is 0 Å². The molecule has 4 aromatic rings. The lowest BCUT2D eigenvalue weighted by Crippen LogP contribution is -2.31. The van der Waals surface area contributed by atoms with Gasteiger partial charge in [0.25, 0.3) is 0 Å². The molecule has 0 radical (unpaired) electrons. The van der Waals surface area contributed by atoms with Crippen LogP contribution in [0, 0.1) is 6.92 Å². The van der Waals surface area contributed by atoms with Gasteiger partial charge in [0.2, 0.25) is 0 Å². The van der Waals surface area contributed by atoms with Crippen LogP contribution in [0.3, 0.4) is 0 Å². The van der Waals surface area contributed by atoms with Gasteiger partial charge in [0, 0.05) is 22.2 Å². The average Bonchev–Trinajstić information content (AvgIpc) is 3.33. The summed E-state index contributed by atoms with van der Waals surface area (Å²) in [6, 6.07) is 7.96. The number of fused-ring (bicyclic) bond motifs is 2. The van der Waals surface area contributed by atoms with Crippen molar-refractivity contribution in [3.8, 4) is 0 Å². The minimum Gasteiger partial charge on any atom is -0.389 e. The van der Waals surface area contributed by atoms with E-state index in [1.807, 2.05) is 23.8 Å². The van der Waals surface area contributed by atoms with Crippen LogP contribution >= 0.6 is 11.8 Å². The molecule has 34 heavy (non-hydrogen) atoms. The maximum atomic E-state index is 13.1. The summed E-state index contributed by atoms with van der Waals surface area (Å²) in [5.41, 5.74) is 7.37. The van der Waals surface area contributed by atoms with Crippen molar-refractivity contribution in [2.24, 2.45) is 0 Å². The van der Waals surface area contributed by atoms with Crippen molar-refractivity contribution in [3.05, 3.63) is 59.7 Å². The number of thioether (sulfide) groups is 1. The van der Waals surface area contributed by atoms with Crippen molar-refractivity contribution in [2.45, 2.75) is 48.8 Å². The Morgan fingerprint density at radius 2 is 1.91 bits per heavy atom. The quantitative estimate of drug-likeness (QED) is 0.399. The number of aryl methyl sites for hydroxylation is 2. The number of aliphatic hydroxyl groups excluding tert-OH is 2. The zero-order valence-corrected chi connectivity index (χ0v) is 18.9. The Balaban J connectivity index is 1.33. The van der Waals surface area contributed by atoms with E-state index in [0.29, 0.717) is 29.4 Å². The molecule has 4 atom stereocenters. The summed E-state index contributed by atoms with van der Waals surface area (Å²) in [7, 11) is 0. The number of rotatable bonds is 4. The first kappa shape index (κ1) is 22.9. The van der Waals surface area contributed by atoms with E-state index in [0.717, 1.165) is 22.7 Å². The molecule has 5 rings (SSSR count). The van der Waals surface area contributed by atoms with Gasteiger partial charge in [-0.2, -0.15) is 13.2 Å². The van der Waals surface area contributed by atoms with E-state index in [1.54, 1.807) is 18.2 Å². The van der Waals surface area contributed by atoms with Gasteiger partial charge in [-0.3, -0.25) is 0 Å². The zero-order valence-electron chi connectivity index (χ0n) is 18.1. The molecule has 178 valence electrons. The maximum absolute atomic E-state index is 13.1. The number of hydrogen-bond acceptors (Lipinski definition) is 7. The molecule has 0 amide bonds. The average molecular weight is 490 g/mol. The first-order chi connectivity index (χ1) is 16.1. The summed E-state index contributed by atoms with van der Waals surface area (Å²) in [4.78, 5) is 12.5. The summed E-state index contributed by atoms with van der Waals surface area (Å²) in [5.74, 6) is -0.553. The Hall–Kier alpha value is -2.89. The predicted octanol–water partition coefficient (Wildman–Crippen LogP) is 3.86. The SMILES string of the molecule is Cc1ncnc2c1ccn2[C@@H]1S[C@@H](CCc2ccc3cc(C(F)(F)F)c(N)nc3c2)[C@@H](O)[C@H]1O. The van der Waals surface area contributed by atoms with Crippen molar-refractivity contribution in [1.82, 2.24) is 19.5 Å². The van der Waals surface area contributed by atoms with Gasteiger partial charge >= 0.3 is 6.18 Å². The number of hydrogen-bond donors (Lipinski definition) is 3. The summed E-state index contributed by atoms with van der Waals surface area (Å²) >= 11 is 1.48. The van der Waals surface area contributed by atoms with Crippen LogP contribution in [0.15, 0.2) is 42.9 Å². The van der Waals surface area contributed by atoms with Crippen LogP contribution in [0.25, 0.3) is 21.9 Å². The highest BCUT2D eigenvalue weighted by atomic mass is 32.2. The summed E-state index contributed by atoms with van der Waals surface area (Å²) in [6.45, 7) is 1.89. The second-order valence-electron chi connectivity index (χ2n) is 8.45. The number of anilines is 1. The van der Waals surface area contributed by atoms with Crippen molar-refractivity contribution in [2.75, 3.05) is 5.73 Å². The number of alkyl halides is 3. The molecule has 1 aliphatic heterocycles. The Bertz CT molecular complexity index is 1380. The molecule has 1 saturated heterocycles. The molecule has 3 aromatic heterocycles. The van der Waals surface area contributed by atoms with Gasteiger partial charge in [0.05, 0.1) is 22.9 Å². The number of aromatic nitrogens is 4. The molecule has 0 saturated carbocycles. The van der Waals surface area contributed by atoms with E-state index in [2.05, 4.69) is 15.0 Å². The number of nitrogens with zero attached hydrogens (tertiary/aromatic N) is 4. The van der Waals surface area contributed by atoms with Crippen LogP contribution in [0.1, 0.15) is 28.6 Å². The van der Waals surface area contributed by atoms with E-state index in [9.17, 15) is 23.4 Å². The lowest BCUT2D eigenvalue weighted by molar-refractivity contribution is -0.137. The number of benzene rings is 1.